The van der Waals surface area contributed by atoms with Crippen molar-refractivity contribution in [2.24, 2.45) is 0 Å². The van der Waals surface area contributed by atoms with Gasteiger partial charge in [-0.25, -0.2) is 0 Å². The van der Waals surface area contributed by atoms with E-state index < -0.39 is 6.04 Å². The lowest BCUT2D eigenvalue weighted by molar-refractivity contribution is -0.145. The van der Waals surface area contributed by atoms with E-state index >= 15 is 0 Å². The van der Waals surface area contributed by atoms with Crippen LogP contribution in [0.25, 0.3) is 0 Å². The minimum Gasteiger partial charge on any atom is -0.353 e. The quantitative estimate of drug-likeness (QED) is 0.730. The minimum absolute atomic E-state index is 0.0804. The number of hydrogen-bond acceptors (Lipinski definition) is 5. The molecule has 0 spiro atoms. The van der Waals surface area contributed by atoms with Gasteiger partial charge in [-0.1, -0.05) is 11.6 Å². The molecule has 1 aromatic carbocycles. The zero-order chi connectivity index (χ0) is 20.1. The lowest BCUT2D eigenvalue weighted by atomic mass is 10.1. The van der Waals surface area contributed by atoms with Crippen LogP contribution < -0.4 is 10.6 Å². The van der Waals surface area contributed by atoms with E-state index in [1.807, 2.05) is 0 Å². The number of halogens is 1. The Morgan fingerprint density at radius 1 is 1.14 bits per heavy atom. The standard InChI is InChI=1S/C19H26ClN5O3/c1-23-8-10-24(11-9-23)13-18(27)25-7-6-21-19(28)16(25)12-17(26)22-15-4-2-14(20)3-5-15/h2-5,16H,6-13H2,1H3,(H,21,28)(H,22,26)/t16-/m0/s1. The maximum atomic E-state index is 12.8. The van der Waals surface area contributed by atoms with E-state index in [0.717, 1.165) is 26.2 Å². The molecule has 0 aliphatic carbocycles. The van der Waals surface area contributed by atoms with E-state index in [2.05, 4.69) is 27.5 Å². The fourth-order valence-corrected chi connectivity index (χ4v) is 3.55. The van der Waals surface area contributed by atoms with E-state index in [1.54, 1.807) is 29.2 Å². The fourth-order valence-electron chi connectivity index (χ4n) is 3.43. The van der Waals surface area contributed by atoms with Gasteiger partial charge < -0.3 is 20.4 Å². The molecule has 0 saturated carbocycles. The number of rotatable bonds is 5. The van der Waals surface area contributed by atoms with Gasteiger partial charge in [-0.05, 0) is 31.3 Å². The van der Waals surface area contributed by atoms with Crippen molar-refractivity contribution in [3.05, 3.63) is 29.3 Å². The molecule has 8 nitrogen and oxygen atoms in total. The summed E-state index contributed by atoms with van der Waals surface area (Å²) in [6.45, 7) is 4.58. The molecule has 9 heteroatoms. The number of carbonyl (C=O) groups is 3. The number of piperazine rings is 2. The van der Waals surface area contributed by atoms with Gasteiger partial charge in [0.15, 0.2) is 0 Å². The Kier molecular flexibility index (Phi) is 6.88. The molecule has 2 aliphatic rings. The largest absolute Gasteiger partial charge is 0.353 e. The molecule has 0 unspecified atom stereocenters. The van der Waals surface area contributed by atoms with Gasteiger partial charge in [0.2, 0.25) is 17.7 Å². The first kappa shape index (κ1) is 20.6. The number of nitrogens with one attached hydrogen (secondary N) is 2. The minimum atomic E-state index is -0.791. The summed E-state index contributed by atoms with van der Waals surface area (Å²) in [5, 5.41) is 6.08. The second kappa shape index (κ2) is 9.36. The molecule has 1 atom stereocenters. The van der Waals surface area contributed by atoms with Crippen LogP contribution in [0.15, 0.2) is 24.3 Å². The molecule has 28 heavy (non-hydrogen) atoms. The van der Waals surface area contributed by atoms with Crippen LogP contribution in [0.1, 0.15) is 6.42 Å². The Labute approximate surface area is 169 Å². The van der Waals surface area contributed by atoms with Gasteiger partial charge in [-0.15, -0.1) is 0 Å². The molecule has 152 valence electrons. The van der Waals surface area contributed by atoms with Gasteiger partial charge in [0, 0.05) is 50.0 Å². The van der Waals surface area contributed by atoms with Gasteiger partial charge in [-0.3, -0.25) is 19.3 Å². The molecular weight excluding hydrogens is 382 g/mol. The summed E-state index contributed by atoms with van der Waals surface area (Å²) in [5.41, 5.74) is 0.598. The number of likely N-dealkylation sites (N-methyl/N-ethyl adjacent to an activating group) is 1. The second-order valence-corrected chi connectivity index (χ2v) is 7.67. The van der Waals surface area contributed by atoms with Gasteiger partial charge in [0.25, 0.3) is 0 Å². The number of anilines is 1. The molecule has 3 rings (SSSR count). The second-order valence-electron chi connectivity index (χ2n) is 7.23. The van der Waals surface area contributed by atoms with Crippen LogP contribution in [0.5, 0.6) is 0 Å². The highest BCUT2D eigenvalue weighted by atomic mass is 35.5. The number of carbonyl (C=O) groups excluding carboxylic acids is 3. The number of amides is 3. The van der Waals surface area contributed by atoms with E-state index in [9.17, 15) is 14.4 Å². The number of nitrogens with zero attached hydrogens (tertiary/aromatic N) is 3. The number of hydrogen-bond donors (Lipinski definition) is 2. The fraction of sp³-hybridized carbons (Fsp3) is 0.526. The molecule has 2 N–H and O–H groups in total. The Morgan fingerprint density at radius 2 is 1.82 bits per heavy atom. The Bertz CT molecular complexity index is 719. The first-order valence-electron chi connectivity index (χ1n) is 9.46. The predicted octanol–water partition coefficient (Wildman–Crippen LogP) is 0.243. The molecule has 0 radical (unpaired) electrons. The van der Waals surface area contributed by atoms with Crippen molar-refractivity contribution in [1.82, 2.24) is 20.0 Å². The first-order valence-corrected chi connectivity index (χ1v) is 9.83. The summed E-state index contributed by atoms with van der Waals surface area (Å²) in [5.74, 6) is -0.713. The summed E-state index contributed by atoms with van der Waals surface area (Å²) in [6.07, 6.45) is -0.0804. The predicted molar refractivity (Wildman–Crippen MR) is 107 cm³/mol. The van der Waals surface area contributed by atoms with Crippen molar-refractivity contribution in [1.29, 1.82) is 0 Å². The van der Waals surface area contributed by atoms with Crippen molar-refractivity contribution in [2.45, 2.75) is 12.5 Å². The third kappa shape index (κ3) is 5.43. The average Bonchev–Trinajstić information content (AvgIpc) is 2.67. The van der Waals surface area contributed by atoms with Crippen molar-refractivity contribution in [2.75, 3.05) is 58.2 Å². The highest BCUT2D eigenvalue weighted by Crippen LogP contribution is 2.16. The molecule has 3 amide bonds. The van der Waals surface area contributed by atoms with Crippen molar-refractivity contribution < 1.29 is 14.4 Å². The molecule has 1 aromatic rings. The Balaban J connectivity index is 1.59. The average molecular weight is 408 g/mol. The lowest BCUT2D eigenvalue weighted by Gasteiger charge is -2.37. The van der Waals surface area contributed by atoms with E-state index in [1.165, 1.54) is 0 Å². The van der Waals surface area contributed by atoms with Gasteiger partial charge in [0.1, 0.15) is 6.04 Å². The van der Waals surface area contributed by atoms with E-state index in [-0.39, 0.29) is 30.7 Å². The van der Waals surface area contributed by atoms with Gasteiger partial charge >= 0.3 is 0 Å². The monoisotopic (exact) mass is 407 g/mol. The molecule has 2 heterocycles. The SMILES string of the molecule is CN1CCN(CC(=O)N2CCNC(=O)[C@@H]2CC(=O)Nc2ccc(Cl)cc2)CC1. The molecule has 2 saturated heterocycles. The number of benzene rings is 1. The molecule has 2 fully saturated rings. The van der Waals surface area contributed by atoms with Crippen LogP contribution in [-0.4, -0.2) is 91.3 Å². The zero-order valence-electron chi connectivity index (χ0n) is 16.0. The van der Waals surface area contributed by atoms with Crippen molar-refractivity contribution >= 4 is 35.0 Å². The van der Waals surface area contributed by atoms with E-state index in [4.69, 9.17) is 11.6 Å². The molecule has 0 bridgehead atoms. The normalized spacial score (nSPS) is 21.3. The molecular formula is C19H26ClN5O3. The van der Waals surface area contributed by atoms with Crippen LogP contribution in [0.2, 0.25) is 5.02 Å². The Hall–Kier alpha value is -2.16. The third-order valence-electron chi connectivity index (χ3n) is 5.11. The topological polar surface area (TPSA) is 85.0 Å². The summed E-state index contributed by atoms with van der Waals surface area (Å²) in [7, 11) is 2.06. The van der Waals surface area contributed by atoms with Crippen LogP contribution in [0.4, 0.5) is 5.69 Å². The highest BCUT2D eigenvalue weighted by Gasteiger charge is 2.35. The summed E-state index contributed by atoms with van der Waals surface area (Å²) in [6, 6.07) is 5.95. The highest BCUT2D eigenvalue weighted by molar-refractivity contribution is 6.30. The van der Waals surface area contributed by atoms with Crippen LogP contribution in [-0.2, 0) is 14.4 Å². The van der Waals surface area contributed by atoms with Crippen LogP contribution >= 0.6 is 11.6 Å². The summed E-state index contributed by atoms with van der Waals surface area (Å²) >= 11 is 5.85. The first-order chi connectivity index (χ1) is 13.4. The molecule has 0 aromatic heterocycles. The van der Waals surface area contributed by atoms with E-state index in [0.29, 0.717) is 23.8 Å². The maximum absolute atomic E-state index is 12.8. The van der Waals surface area contributed by atoms with Crippen LogP contribution in [0, 0.1) is 0 Å². The molecule has 2 aliphatic heterocycles. The lowest BCUT2D eigenvalue weighted by Crippen LogP contribution is -2.60. The summed E-state index contributed by atoms with van der Waals surface area (Å²) < 4.78 is 0. The van der Waals surface area contributed by atoms with Crippen molar-refractivity contribution in [3.63, 3.8) is 0 Å². The summed E-state index contributed by atoms with van der Waals surface area (Å²) in [4.78, 5) is 43.5. The Morgan fingerprint density at radius 3 is 2.50 bits per heavy atom. The van der Waals surface area contributed by atoms with Gasteiger partial charge in [0.05, 0.1) is 13.0 Å². The maximum Gasteiger partial charge on any atom is 0.243 e. The smallest absolute Gasteiger partial charge is 0.243 e. The van der Waals surface area contributed by atoms with Crippen LogP contribution in [0.3, 0.4) is 0 Å². The van der Waals surface area contributed by atoms with Crippen molar-refractivity contribution in [3.8, 4) is 0 Å². The third-order valence-corrected chi connectivity index (χ3v) is 5.36. The van der Waals surface area contributed by atoms with Gasteiger partial charge in [-0.2, -0.15) is 0 Å². The zero-order valence-corrected chi connectivity index (χ0v) is 16.7.